The first-order valence-corrected chi connectivity index (χ1v) is 5.11. The van der Waals surface area contributed by atoms with E-state index in [4.69, 9.17) is 0 Å². The summed E-state index contributed by atoms with van der Waals surface area (Å²) < 4.78 is 0. The molecule has 1 saturated carbocycles. The van der Waals surface area contributed by atoms with Crippen molar-refractivity contribution in [3.05, 3.63) is 11.3 Å². The van der Waals surface area contributed by atoms with E-state index in [0.29, 0.717) is 5.92 Å². The van der Waals surface area contributed by atoms with E-state index in [1.165, 1.54) is 25.0 Å². The molecule has 1 rings (SSSR count). The number of nitrogens with one attached hydrogen (secondary N) is 1. The molecule has 1 heteroatoms. The third-order valence-corrected chi connectivity index (χ3v) is 2.56. The van der Waals surface area contributed by atoms with Crippen molar-refractivity contribution in [3.8, 4) is 0 Å². The Balaban J connectivity index is 2.54. The zero-order chi connectivity index (χ0) is 9.14. The highest BCUT2D eigenvalue weighted by atomic mass is 15.0. The van der Waals surface area contributed by atoms with Crippen molar-refractivity contribution in [1.82, 2.24) is 5.32 Å². The Morgan fingerprint density at radius 1 is 1.42 bits per heavy atom. The van der Waals surface area contributed by atoms with Gasteiger partial charge in [0.15, 0.2) is 0 Å². The van der Waals surface area contributed by atoms with Crippen molar-refractivity contribution in [3.63, 3.8) is 0 Å². The molecule has 0 atom stereocenters. The van der Waals surface area contributed by atoms with Gasteiger partial charge < -0.3 is 5.32 Å². The Hall–Kier alpha value is -0.460. The number of allylic oxidation sites excluding steroid dienone is 2. The lowest BCUT2D eigenvalue weighted by molar-refractivity contribution is 0.681. The topological polar surface area (TPSA) is 12.0 Å². The minimum atomic E-state index is 0.696. The molecule has 0 saturated heterocycles. The first kappa shape index (κ1) is 9.63. The molecule has 0 radical (unpaired) electrons. The SMILES string of the molecule is CC/C(=C(\C)NC1CC1)C(C)C. The van der Waals surface area contributed by atoms with Gasteiger partial charge in [-0.25, -0.2) is 0 Å². The third kappa shape index (κ3) is 2.54. The first-order chi connectivity index (χ1) is 5.65. The van der Waals surface area contributed by atoms with Crippen molar-refractivity contribution in [1.29, 1.82) is 0 Å². The number of rotatable bonds is 4. The van der Waals surface area contributed by atoms with Crippen LogP contribution in [0.3, 0.4) is 0 Å². The lowest BCUT2D eigenvalue weighted by atomic mass is 9.99. The van der Waals surface area contributed by atoms with Crippen molar-refractivity contribution >= 4 is 0 Å². The summed E-state index contributed by atoms with van der Waals surface area (Å²) >= 11 is 0. The second-order valence-corrected chi connectivity index (χ2v) is 4.08. The van der Waals surface area contributed by atoms with Crippen LogP contribution in [0.2, 0.25) is 0 Å². The molecule has 0 amide bonds. The minimum absolute atomic E-state index is 0.696. The quantitative estimate of drug-likeness (QED) is 0.678. The van der Waals surface area contributed by atoms with Crippen LogP contribution >= 0.6 is 0 Å². The minimum Gasteiger partial charge on any atom is -0.386 e. The van der Waals surface area contributed by atoms with E-state index in [9.17, 15) is 0 Å². The lowest BCUT2D eigenvalue weighted by Gasteiger charge is -2.15. The summed E-state index contributed by atoms with van der Waals surface area (Å²) in [6, 6.07) is 0.797. The summed E-state index contributed by atoms with van der Waals surface area (Å²) in [5.74, 6) is 0.696. The van der Waals surface area contributed by atoms with Gasteiger partial charge in [0.1, 0.15) is 0 Å². The van der Waals surface area contributed by atoms with Crippen molar-refractivity contribution in [2.75, 3.05) is 0 Å². The summed E-state index contributed by atoms with van der Waals surface area (Å²) in [6.07, 6.45) is 3.92. The molecule has 0 unspecified atom stereocenters. The standard InChI is InChI=1S/C11H21N/c1-5-11(8(2)3)9(4)12-10-6-7-10/h8,10,12H,5-7H2,1-4H3/b11-9-. The number of hydrogen-bond acceptors (Lipinski definition) is 1. The zero-order valence-electron chi connectivity index (χ0n) is 8.78. The van der Waals surface area contributed by atoms with Gasteiger partial charge in [-0.1, -0.05) is 20.8 Å². The van der Waals surface area contributed by atoms with Crippen molar-refractivity contribution < 1.29 is 0 Å². The maximum atomic E-state index is 3.57. The van der Waals surface area contributed by atoms with Gasteiger partial charge in [-0.3, -0.25) is 0 Å². The van der Waals surface area contributed by atoms with Gasteiger partial charge >= 0.3 is 0 Å². The van der Waals surface area contributed by atoms with E-state index < -0.39 is 0 Å². The fourth-order valence-electron chi connectivity index (χ4n) is 1.73. The van der Waals surface area contributed by atoms with E-state index in [2.05, 4.69) is 33.0 Å². The summed E-state index contributed by atoms with van der Waals surface area (Å²) in [5.41, 5.74) is 3.01. The Morgan fingerprint density at radius 3 is 2.33 bits per heavy atom. The Morgan fingerprint density at radius 2 is 2.00 bits per heavy atom. The molecule has 0 aromatic heterocycles. The van der Waals surface area contributed by atoms with Gasteiger partial charge in [-0.05, 0) is 37.7 Å². The van der Waals surface area contributed by atoms with Crippen LogP contribution in [0.25, 0.3) is 0 Å². The Bertz CT molecular complexity index is 175. The average molecular weight is 167 g/mol. The van der Waals surface area contributed by atoms with E-state index in [1.54, 1.807) is 5.57 Å². The van der Waals surface area contributed by atoms with Crippen LogP contribution in [0.1, 0.15) is 47.0 Å². The highest BCUT2D eigenvalue weighted by Crippen LogP contribution is 2.23. The monoisotopic (exact) mass is 167 g/mol. The summed E-state index contributed by atoms with van der Waals surface area (Å²) in [6.45, 7) is 9.01. The fourth-order valence-corrected chi connectivity index (χ4v) is 1.73. The molecule has 0 aromatic rings. The normalized spacial score (nSPS) is 19.4. The predicted molar refractivity (Wildman–Crippen MR) is 54.0 cm³/mol. The Kier molecular flexibility index (Phi) is 3.19. The lowest BCUT2D eigenvalue weighted by Crippen LogP contribution is -2.16. The van der Waals surface area contributed by atoms with Gasteiger partial charge in [0.05, 0.1) is 0 Å². The molecule has 0 heterocycles. The average Bonchev–Trinajstić information content (AvgIpc) is 2.71. The van der Waals surface area contributed by atoms with E-state index >= 15 is 0 Å². The molecule has 0 bridgehead atoms. The molecule has 1 N–H and O–H groups in total. The van der Waals surface area contributed by atoms with Gasteiger partial charge in [0.25, 0.3) is 0 Å². The van der Waals surface area contributed by atoms with Gasteiger partial charge in [-0.2, -0.15) is 0 Å². The molecule has 1 aliphatic rings. The van der Waals surface area contributed by atoms with Crippen LogP contribution in [-0.4, -0.2) is 6.04 Å². The zero-order valence-corrected chi connectivity index (χ0v) is 8.78. The predicted octanol–water partition coefficient (Wildman–Crippen LogP) is 3.08. The van der Waals surface area contributed by atoms with Crippen LogP contribution in [0, 0.1) is 5.92 Å². The van der Waals surface area contributed by atoms with Gasteiger partial charge in [0, 0.05) is 11.7 Å². The van der Waals surface area contributed by atoms with Crippen LogP contribution < -0.4 is 5.32 Å². The van der Waals surface area contributed by atoms with Gasteiger partial charge in [-0.15, -0.1) is 0 Å². The first-order valence-electron chi connectivity index (χ1n) is 5.11. The highest BCUT2D eigenvalue weighted by Gasteiger charge is 2.21. The molecule has 0 spiro atoms. The van der Waals surface area contributed by atoms with E-state index in [1.807, 2.05) is 0 Å². The highest BCUT2D eigenvalue weighted by molar-refractivity contribution is 5.14. The second-order valence-electron chi connectivity index (χ2n) is 4.08. The maximum Gasteiger partial charge on any atom is 0.0259 e. The largest absolute Gasteiger partial charge is 0.386 e. The Labute approximate surface area is 76.2 Å². The smallest absolute Gasteiger partial charge is 0.0259 e. The van der Waals surface area contributed by atoms with Crippen LogP contribution in [-0.2, 0) is 0 Å². The number of hydrogen-bond donors (Lipinski definition) is 1. The molecule has 0 aromatic carbocycles. The summed E-state index contributed by atoms with van der Waals surface area (Å²) in [5, 5.41) is 3.57. The maximum absolute atomic E-state index is 3.57. The fraction of sp³-hybridized carbons (Fsp3) is 0.818. The second kappa shape index (κ2) is 3.97. The van der Waals surface area contributed by atoms with Crippen LogP contribution in [0.4, 0.5) is 0 Å². The molecule has 70 valence electrons. The molecule has 1 nitrogen and oxygen atoms in total. The van der Waals surface area contributed by atoms with E-state index in [-0.39, 0.29) is 0 Å². The molecular formula is C11H21N. The molecule has 0 aliphatic heterocycles. The van der Waals surface area contributed by atoms with Crippen LogP contribution in [0.15, 0.2) is 11.3 Å². The van der Waals surface area contributed by atoms with Crippen LogP contribution in [0.5, 0.6) is 0 Å². The summed E-state index contributed by atoms with van der Waals surface area (Å²) in [7, 11) is 0. The molecule has 1 fully saturated rings. The molecule has 12 heavy (non-hydrogen) atoms. The van der Waals surface area contributed by atoms with E-state index in [0.717, 1.165) is 6.04 Å². The third-order valence-electron chi connectivity index (χ3n) is 2.56. The molecular weight excluding hydrogens is 146 g/mol. The van der Waals surface area contributed by atoms with Crippen molar-refractivity contribution in [2.24, 2.45) is 5.92 Å². The molecule has 1 aliphatic carbocycles. The van der Waals surface area contributed by atoms with Gasteiger partial charge in [0.2, 0.25) is 0 Å². The summed E-state index contributed by atoms with van der Waals surface area (Å²) in [4.78, 5) is 0. The van der Waals surface area contributed by atoms with Crippen molar-refractivity contribution in [2.45, 2.75) is 53.0 Å².